The minimum absolute atomic E-state index is 0.232. The van der Waals surface area contributed by atoms with Crippen LogP contribution in [0.1, 0.15) is 51.5 Å². The van der Waals surface area contributed by atoms with E-state index in [0.29, 0.717) is 12.2 Å². The van der Waals surface area contributed by atoms with Crippen LogP contribution in [0.25, 0.3) is 0 Å². The molecule has 2 amide bonds. The number of aryl methyl sites for hydroxylation is 1. The van der Waals surface area contributed by atoms with E-state index in [-0.39, 0.29) is 11.8 Å². The summed E-state index contributed by atoms with van der Waals surface area (Å²) < 4.78 is 0. The zero-order valence-electron chi connectivity index (χ0n) is 14.9. The molecule has 4 nitrogen and oxygen atoms in total. The van der Waals surface area contributed by atoms with Crippen molar-refractivity contribution in [2.75, 3.05) is 11.9 Å². The van der Waals surface area contributed by atoms with Crippen molar-refractivity contribution in [1.29, 1.82) is 0 Å². The minimum Gasteiger partial charge on any atom is -0.355 e. The highest BCUT2D eigenvalue weighted by Crippen LogP contribution is 2.21. The van der Waals surface area contributed by atoms with Gasteiger partial charge in [-0.3, -0.25) is 9.59 Å². The summed E-state index contributed by atoms with van der Waals surface area (Å²) >= 11 is 0. The van der Waals surface area contributed by atoms with Gasteiger partial charge in [0.15, 0.2) is 0 Å². The first-order chi connectivity index (χ1) is 11.4. The van der Waals surface area contributed by atoms with E-state index in [1.54, 1.807) is 13.8 Å². The number of hydrogen-bond acceptors (Lipinski definition) is 2. The van der Waals surface area contributed by atoms with Gasteiger partial charge in [0.05, 0.1) is 0 Å². The summed E-state index contributed by atoms with van der Waals surface area (Å²) in [7, 11) is 0. The molecule has 1 aromatic carbocycles. The van der Waals surface area contributed by atoms with Crippen LogP contribution in [-0.2, 0) is 9.59 Å². The number of benzene rings is 1. The van der Waals surface area contributed by atoms with E-state index < -0.39 is 5.41 Å². The molecule has 0 saturated heterocycles. The summed E-state index contributed by atoms with van der Waals surface area (Å²) in [5.41, 5.74) is 2.10. The van der Waals surface area contributed by atoms with Crippen molar-refractivity contribution in [3.05, 3.63) is 41.5 Å². The van der Waals surface area contributed by atoms with Gasteiger partial charge >= 0.3 is 0 Å². The minimum atomic E-state index is -1.11. The second kappa shape index (κ2) is 8.13. The van der Waals surface area contributed by atoms with Crippen LogP contribution in [0.4, 0.5) is 5.69 Å². The van der Waals surface area contributed by atoms with Crippen LogP contribution >= 0.6 is 0 Å². The van der Waals surface area contributed by atoms with E-state index in [0.717, 1.165) is 24.8 Å². The van der Waals surface area contributed by atoms with Crippen molar-refractivity contribution in [1.82, 2.24) is 5.32 Å². The number of nitrogens with one attached hydrogen (secondary N) is 2. The normalized spacial score (nSPS) is 14.7. The van der Waals surface area contributed by atoms with Crippen LogP contribution in [0.15, 0.2) is 35.9 Å². The van der Waals surface area contributed by atoms with E-state index in [1.165, 1.54) is 18.4 Å². The maximum Gasteiger partial charge on any atom is 0.239 e. The Bertz CT molecular complexity index is 632. The van der Waals surface area contributed by atoms with E-state index in [1.807, 2.05) is 31.2 Å². The molecular weight excluding hydrogens is 300 g/mol. The van der Waals surface area contributed by atoms with Gasteiger partial charge in [-0.2, -0.15) is 0 Å². The monoisotopic (exact) mass is 328 g/mol. The average Bonchev–Trinajstić information content (AvgIpc) is 2.55. The zero-order valence-corrected chi connectivity index (χ0v) is 14.9. The number of amides is 2. The van der Waals surface area contributed by atoms with E-state index >= 15 is 0 Å². The number of rotatable bonds is 6. The average molecular weight is 328 g/mol. The third-order valence-corrected chi connectivity index (χ3v) is 4.53. The quantitative estimate of drug-likeness (QED) is 0.613. The maximum absolute atomic E-state index is 12.5. The fourth-order valence-electron chi connectivity index (χ4n) is 2.80. The second-order valence-corrected chi connectivity index (χ2v) is 7.06. The van der Waals surface area contributed by atoms with Crippen molar-refractivity contribution in [3.63, 3.8) is 0 Å². The van der Waals surface area contributed by atoms with Crippen molar-refractivity contribution in [2.24, 2.45) is 5.41 Å². The molecule has 0 fully saturated rings. The Kier molecular flexibility index (Phi) is 6.18. The highest BCUT2D eigenvalue weighted by Gasteiger charge is 2.35. The molecule has 1 aliphatic rings. The summed E-state index contributed by atoms with van der Waals surface area (Å²) in [6.07, 6.45) is 7.94. The molecule has 0 saturated carbocycles. The number of hydrogen-bond donors (Lipinski definition) is 2. The Hall–Kier alpha value is -2.10. The zero-order chi connectivity index (χ0) is 17.6. The van der Waals surface area contributed by atoms with Gasteiger partial charge in [0.25, 0.3) is 0 Å². The molecule has 0 spiro atoms. The second-order valence-electron chi connectivity index (χ2n) is 7.06. The van der Waals surface area contributed by atoms with Gasteiger partial charge in [-0.25, -0.2) is 0 Å². The molecule has 0 atom stereocenters. The van der Waals surface area contributed by atoms with Gasteiger partial charge in [-0.15, -0.1) is 0 Å². The summed E-state index contributed by atoms with van der Waals surface area (Å²) in [4.78, 5) is 24.9. The van der Waals surface area contributed by atoms with Crippen molar-refractivity contribution >= 4 is 17.5 Å². The summed E-state index contributed by atoms with van der Waals surface area (Å²) in [6.45, 7) is 5.87. The van der Waals surface area contributed by atoms with E-state index in [2.05, 4.69) is 16.7 Å². The molecule has 4 heteroatoms. The molecule has 0 bridgehead atoms. The van der Waals surface area contributed by atoms with Crippen LogP contribution < -0.4 is 10.6 Å². The number of carbonyl (C=O) groups excluding carboxylic acids is 2. The Labute approximate surface area is 144 Å². The fourth-order valence-corrected chi connectivity index (χ4v) is 2.80. The third-order valence-electron chi connectivity index (χ3n) is 4.53. The van der Waals surface area contributed by atoms with Crippen LogP contribution in [0.3, 0.4) is 0 Å². The highest BCUT2D eigenvalue weighted by molar-refractivity contribution is 6.09. The van der Waals surface area contributed by atoms with Gasteiger partial charge in [0.2, 0.25) is 11.8 Å². The first-order valence-corrected chi connectivity index (χ1v) is 8.74. The van der Waals surface area contributed by atoms with Crippen molar-refractivity contribution in [3.8, 4) is 0 Å². The molecule has 1 aromatic rings. The van der Waals surface area contributed by atoms with Gasteiger partial charge < -0.3 is 10.6 Å². The maximum atomic E-state index is 12.5. The van der Waals surface area contributed by atoms with Gasteiger partial charge in [-0.1, -0.05) is 23.8 Å². The fraction of sp³-hybridized carbons (Fsp3) is 0.500. The van der Waals surface area contributed by atoms with Gasteiger partial charge in [0, 0.05) is 12.2 Å². The van der Waals surface area contributed by atoms with Crippen LogP contribution in [0.5, 0.6) is 0 Å². The molecule has 0 heterocycles. The number of allylic oxidation sites excluding steroid dienone is 1. The standard InChI is InChI=1S/C20H28N2O2/c1-15-8-7-11-17(14-15)22-19(24)20(2,3)18(23)21-13-12-16-9-5-4-6-10-16/h7-9,11,14H,4-6,10,12-13H2,1-3H3,(H,21,23)(H,22,24). The van der Waals surface area contributed by atoms with Gasteiger partial charge in [-0.05, 0) is 70.6 Å². The molecule has 2 N–H and O–H groups in total. The predicted octanol–water partition coefficient (Wildman–Crippen LogP) is 3.97. The number of carbonyl (C=O) groups is 2. The molecule has 0 aromatic heterocycles. The SMILES string of the molecule is Cc1cccc(NC(=O)C(C)(C)C(=O)NCCC2=CCCCC2)c1. The lowest BCUT2D eigenvalue weighted by atomic mass is 9.90. The summed E-state index contributed by atoms with van der Waals surface area (Å²) in [5.74, 6) is -0.522. The lowest BCUT2D eigenvalue weighted by molar-refractivity contribution is -0.138. The summed E-state index contributed by atoms with van der Waals surface area (Å²) in [5, 5.41) is 5.74. The van der Waals surface area contributed by atoms with Crippen LogP contribution in [0, 0.1) is 12.3 Å². The van der Waals surface area contributed by atoms with Crippen molar-refractivity contribution in [2.45, 2.75) is 52.9 Å². The largest absolute Gasteiger partial charge is 0.355 e. The molecule has 0 radical (unpaired) electrons. The lowest BCUT2D eigenvalue weighted by Gasteiger charge is -2.23. The Balaban J connectivity index is 1.86. The van der Waals surface area contributed by atoms with Crippen LogP contribution in [-0.4, -0.2) is 18.4 Å². The third kappa shape index (κ3) is 4.95. The first-order valence-electron chi connectivity index (χ1n) is 8.74. The summed E-state index contributed by atoms with van der Waals surface area (Å²) in [6, 6.07) is 7.57. The van der Waals surface area contributed by atoms with Crippen LogP contribution in [0.2, 0.25) is 0 Å². The number of anilines is 1. The van der Waals surface area contributed by atoms with Gasteiger partial charge in [0.1, 0.15) is 5.41 Å². The molecular formula is C20H28N2O2. The smallest absolute Gasteiger partial charge is 0.239 e. The first kappa shape index (κ1) is 18.2. The van der Waals surface area contributed by atoms with E-state index in [4.69, 9.17) is 0 Å². The molecule has 130 valence electrons. The highest BCUT2D eigenvalue weighted by atomic mass is 16.2. The topological polar surface area (TPSA) is 58.2 Å². The predicted molar refractivity (Wildman–Crippen MR) is 97.8 cm³/mol. The molecule has 0 unspecified atom stereocenters. The lowest BCUT2D eigenvalue weighted by Crippen LogP contribution is -2.45. The van der Waals surface area contributed by atoms with E-state index in [9.17, 15) is 9.59 Å². The Morgan fingerprint density at radius 2 is 1.96 bits per heavy atom. The Morgan fingerprint density at radius 3 is 2.62 bits per heavy atom. The molecule has 24 heavy (non-hydrogen) atoms. The molecule has 2 rings (SSSR count). The molecule has 1 aliphatic carbocycles. The van der Waals surface area contributed by atoms with Crippen molar-refractivity contribution < 1.29 is 9.59 Å². The molecule has 0 aliphatic heterocycles. The Morgan fingerprint density at radius 1 is 1.17 bits per heavy atom.